The fraction of sp³-hybridized carbons (Fsp3) is 0.500. The van der Waals surface area contributed by atoms with Crippen molar-refractivity contribution in [1.29, 1.82) is 5.26 Å². The van der Waals surface area contributed by atoms with E-state index in [2.05, 4.69) is 6.07 Å². The van der Waals surface area contributed by atoms with E-state index in [0.717, 1.165) is 17.5 Å². The number of nitrogen functional groups attached to an aromatic ring is 1. The lowest BCUT2D eigenvalue weighted by Crippen LogP contribution is -2.19. The highest BCUT2D eigenvalue weighted by Gasteiger charge is 2.26. The maximum absolute atomic E-state index is 11.4. The lowest BCUT2D eigenvalue weighted by Gasteiger charge is -2.16. The molecule has 0 saturated heterocycles. The van der Waals surface area contributed by atoms with Crippen molar-refractivity contribution in [3.05, 3.63) is 10.4 Å². The second kappa shape index (κ2) is 4.38. The van der Waals surface area contributed by atoms with Crippen molar-refractivity contribution in [2.45, 2.75) is 19.8 Å². The molecule has 0 bridgehead atoms. The normalized spacial score (nSPS) is 14.4. The molecule has 0 aliphatic heterocycles. The molecular formula is C12H15N3OS. The highest BCUT2D eigenvalue weighted by Crippen LogP contribution is 2.39. The van der Waals surface area contributed by atoms with Crippen LogP contribution in [0.4, 0.5) is 10.7 Å². The second-order valence-electron chi connectivity index (χ2n) is 4.52. The fourth-order valence-electron chi connectivity index (χ4n) is 1.84. The van der Waals surface area contributed by atoms with Crippen LogP contribution in [0.1, 0.15) is 35.0 Å². The molecule has 0 spiro atoms. The van der Waals surface area contributed by atoms with Gasteiger partial charge < -0.3 is 10.6 Å². The van der Waals surface area contributed by atoms with Gasteiger partial charge in [-0.25, -0.2) is 0 Å². The number of carbonyl (C=O) groups is 1. The summed E-state index contributed by atoms with van der Waals surface area (Å²) in [5.41, 5.74) is 6.62. The standard InChI is InChI=1S/C12H15N3OS/c1-7(16)11-10(14)9(5-13)12(17-11)15(2)6-8-3-4-8/h8H,3-4,6,14H2,1-2H3. The highest BCUT2D eigenvalue weighted by molar-refractivity contribution is 7.19. The van der Waals surface area contributed by atoms with Crippen LogP contribution in [-0.4, -0.2) is 19.4 Å². The molecule has 0 aromatic carbocycles. The topological polar surface area (TPSA) is 70.1 Å². The molecule has 1 aromatic heterocycles. The number of hydrogen-bond donors (Lipinski definition) is 1. The number of Topliss-reactive ketones (excluding diaryl/α,β-unsaturated/α-hetero) is 1. The van der Waals surface area contributed by atoms with E-state index in [4.69, 9.17) is 11.0 Å². The average Bonchev–Trinajstić information content (AvgIpc) is 3.00. The molecule has 1 aliphatic rings. The Hall–Kier alpha value is -1.54. The van der Waals surface area contributed by atoms with Crippen LogP contribution in [0.3, 0.4) is 0 Å². The minimum Gasteiger partial charge on any atom is -0.396 e. The van der Waals surface area contributed by atoms with Crippen LogP contribution in [0.25, 0.3) is 0 Å². The van der Waals surface area contributed by atoms with Crippen molar-refractivity contribution in [2.75, 3.05) is 24.2 Å². The van der Waals surface area contributed by atoms with E-state index in [9.17, 15) is 4.79 Å². The summed E-state index contributed by atoms with van der Waals surface area (Å²) in [6.45, 7) is 2.42. The van der Waals surface area contributed by atoms with E-state index in [0.29, 0.717) is 16.1 Å². The average molecular weight is 249 g/mol. The van der Waals surface area contributed by atoms with Gasteiger partial charge in [0.2, 0.25) is 0 Å². The van der Waals surface area contributed by atoms with E-state index in [1.54, 1.807) is 0 Å². The Kier molecular flexibility index (Phi) is 3.07. The van der Waals surface area contributed by atoms with E-state index in [1.165, 1.54) is 31.1 Å². The predicted octanol–water partition coefficient (Wildman–Crippen LogP) is 2.25. The van der Waals surface area contributed by atoms with E-state index in [-0.39, 0.29) is 5.78 Å². The van der Waals surface area contributed by atoms with Gasteiger partial charge in [0, 0.05) is 20.5 Å². The summed E-state index contributed by atoms with van der Waals surface area (Å²) in [6, 6.07) is 2.11. The largest absolute Gasteiger partial charge is 0.396 e. The number of rotatable bonds is 4. The first-order valence-electron chi connectivity index (χ1n) is 5.59. The van der Waals surface area contributed by atoms with Crippen LogP contribution in [0.15, 0.2) is 0 Å². The van der Waals surface area contributed by atoms with Crippen molar-refractivity contribution < 1.29 is 4.79 Å². The lowest BCUT2D eigenvalue weighted by atomic mass is 10.2. The number of thiophene rings is 1. The SMILES string of the molecule is CC(=O)c1sc(N(C)CC2CC2)c(C#N)c1N. The molecule has 1 aliphatic carbocycles. The van der Waals surface area contributed by atoms with Crippen LogP contribution in [0, 0.1) is 17.2 Å². The summed E-state index contributed by atoms with van der Waals surface area (Å²) in [4.78, 5) is 14.0. The highest BCUT2D eigenvalue weighted by atomic mass is 32.1. The minimum absolute atomic E-state index is 0.0740. The minimum atomic E-state index is -0.0740. The summed E-state index contributed by atoms with van der Waals surface area (Å²) in [5, 5.41) is 9.95. The third-order valence-electron chi connectivity index (χ3n) is 2.93. The molecule has 1 aromatic rings. The molecule has 0 unspecified atom stereocenters. The van der Waals surface area contributed by atoms with Crippen molar-refractivity contribution in [1.82, 2.24) is 0 Å². The molecule has 1 saturated carbocycles. The molecule has 90 valence electrons. The van der Waals surface area contributed by atoms with Crippen LogP contribution in [-0.2, 0) is 0 Å². The lowest BCUT2D eigenvalue weighted by molar-refractivity contribution is 0.102. The van der Waals surface area contributed by atoms with Gasteiger partial charge >= 0.3 is 0 Å². The third-order valence-corrected chi connectivity index (χ3v) is 4.35. The van der Waals surface area contributed by atoms with Gasteiger partial charge in [-0.05, 0) is 18.8 Å². The first-order chi connectivity index (χ1) is 8.04. The molecule has 0 radical (unpaired) electrons. The summed E-state index contributed by atoms with van der Waals surface area (Å²) in [5.74, 6) is 0.658. The van der Waals surface area contributed by atoms with Gasteiger partial charge in [-0.15, -0.1) is 11.3 Å². The molecular weight excluding hydrogens is 234 g/mol. The van der Waals surface area contributed by atoms with Crippen LogP contribution in [0.5, 0.6) is 0 Å². The predicted molar refractivity (Wildman–Crippen MR) is 69.4 cm³/mol. The van der Waals surface area contributed by atoms with Gasteiger partial charge in [-0.2, -0.15) is 5.26 Å². The van der Waals surface area contributed by atoms with E-state index >= 15 is 0 Å². The van der Waals surface area contributed by atoms with Gasteiger partial charge in [-0.1, -0.05) is 0 Å². The zero-order valence-corrected chi connectivity index (χ0v) is 10.8. The van der Waals surface area contributed by atoms with Gasteiger partial charge in [0.15, 0.2) is 5.78 Å². The Morgan fingerprint density at radius 2 is 2.29 bits per heavy atom. The Morgan fingerprint density at radius 1 is 1.65 bits per heavy atom. The Balaban J connectivity index is 2.35. The molecule has 1 fully saturated rings. The van der Waals surface area contributed by atoms with Crippen LogP contribution < -0.4 is 10.6 Å². The molecule has 0 atom stereocenters. The molecule has 5 heteroatoms. The molecule has 0 amide bonds. The van der Waals surface area contributed by atoms with Crippen molar-refractivity contribution in [2.24, 2.45) is 5.92 Å². The summed E-state index contributed by atoms with van der Waals surface area (Å²) < 4.78 is 0. The first-order valence-corrected chi connectivity index (χ1v) is 6.40. The van der Waals surface area contributed by atoms with E-state index < -0.39 is 0 Å². The van der Waals surface area contributed by atoms with Gasteiger partial charge in [0.25, 0.3) is 0 Å². The number of hydrogen-bond acceptors (Lipinski definition) is 5. The van der Waals surface area contributed by atoms with Crippen molar-refractivity contribution in [3.8, 4) is 6.07 Å². The number of anilines is 2. The maximum Gasteiger partial charge on any atom is 0.171 e. The van der Waals surface area contributed by atoms with Gasteiger partial charge in [-0.3, -0.25) is 4.79 Å². The fourth-order valence-corrected chi connectivity index (χ4v) is 2.88. The first kappa shape index (κ1) is 11.9. The molecule has 1 heterocycles. The summed E-state index contributed by atoms with van der Waals surface area (Å²) >= 11 is 1.33. The molecule has 4 nitrogen and oxygen atoms in total. The number of ketones is 1. The Labute approximate surface area is 105 Å². The number of nitrogens with two attached hydrogens (primary N) is 1. The maximum atomic E-state index is 11.4. The van der Waals surface area contributed by atoms with Crippen LogP contribution >= 0.6 is 11.3 Å². The zero-order chi connectivity index (χ0) is 12.6. The molecule has 2 N–H and O–H groups in total. The summed E-state index contributed by atoms with van der Waals surface area (Å²) in [6.07, 6.45) is 2.51. The quantitative estimate of drug-likeness (QED) is 0.831. The molecule has 2 rings (SSSR count). The van der Waals surface area contributed by atoms with Gasteiger partial charge in [0.05, 0.1) is 10.6 Å². The second-order valence-corrected chi connectivity index (χ2v) is 5.52. The zero-order valence-electron chi connectivity index (χ0n) is 9.99. The number of carbonyl (C=O) groups excluding carboxylic acids is 1. The van der Waals surface area contributed by atoms with Crippen molar-refractivity contribution in [3.63, 3.8) is 0 Å². The number of nitriles is 1. The van der Waals surface area contributed by atoms with Gasteiger partial charge in [0.1, 0.15) is 16.6 Å². The Morgan fingerprint density at radius 3 is 2.76 bits per heavy atom. The number of nitrogens with zero attached hydrogens (tertiary/aromatic N) is 2. The Bertz CT molecular complexity index is 497. The smallest absolute Gasteiger partial charge is 0.171 e. The van der Waals surface area contributed by atoms with E-state index in [1.807, 2.05) is 11.9 Å². The van der Waals surface area contributed by atoms with Crippen LogP contribution in [0.2, 0.25) is 0 Å². The third kappa shape index (κ3) is 2.27. The molecule has 17 heavy (non-hydrogen) atoms. The monoisotopic (exact) mass is 249 g/mol. The van der Waals surface area contributed by atoms with Crippen molar-refractivity contribution >= 4 is 27.8 Å². The summed E-state index contributed by atoms with van der Waals surface area (Å²) in [7, 11) is 1.95.